The highest BCUT2D eigenvalue weighted by Gasteiger charge is 2.42. The molecule has 2 aliphatic rings. The first-order chi connectivity index (χ1) is 8.50. The number of alkyl halides is 3. The molecular formula is C12H22F3N3. The predicted octanol–water partition coefficient (Wildman–Crippen LogP) is 1.24. The van der Waals surface area contributed by atoms with E-state index in [0.29, 0.717) is 37.4 Å². The fourth-order valence-corrected chi connectivity index (χ4v) is 3.11. The third kappa shape index (κ3) is 3.36. The molecule has 2 heterocycles. The summed E-state index contributed by atoms with van der Waals surface area (Å²) in [5.41, 5.74) is 5.68. The van der Waals surface area contributed by atoms with Crippen molar-refractivity contribution in [3.63, 3.8) is 0 Å². The van der Waals surface area contributed by atoms with Gasteiger partial charge in [-0.25, -0.2) is 0 Å². The third-order valence-corrected chi connectivity index (χ3v) is 4.30. The van der Waals surface area contributed by atoms with E-state index in [4.69, 9.17) is 5.73 Å². The summed E-state index contributed by atoms with van der Waals surface area (Å²) >= 11 is 0. The highest BCUT2D eigenvalue weighted by atomic mass is 19.4. The molecule has 0 aliphatic carbocycles. The molecule has 4 atom stereocenters. The Balaban J connectivity index is 1.82. The lowest BCUT2D eigenvalue weighted by Crippen LogP contribution is -2.54. The lowest BCUT2D eigenvalue weighted by Gasteiger charge is -2.39. The van der Waals surface area contributed by atoms with Crippen LogP contribution in [0.1, 0.15) is 25.7 Å². The fraction of sp³-hybridized carbons (Fsp3) is 1.00. The lowest BCUT2D eigenvalue weighted by molar-refractivity contribution is -0.162. The lowest BCUT2D eigenvalue weighted by atomic mass is 9.81. The molecule has 0 amide bonds. The monoisotopic (exact) mass is 265 g/mol. The number of hydrogen-bond acceptors (Lipinski definition) is 3. The molecule has 0 bridgehead atoms. The quantitative estimate of drug-likeness (QED) is 0.704. The Morgan fingerprint density at radius 2 is 1.89 bits per heavy atom. The topological polar surface area (TPSA) is 50.1 Å². The van der Waals surface area contributed by atoms with Crippen molar-refractivity contribution in [3.05, 3.63) is 0 Å². The van der Waals surface area contributed by atoms with E-state index < -0.39 is 12.2 Å². The zero-order chi connectivity index (χ0) is 13.2. The predicted molar refractivity (Wildman–Crippen MR) is 64.1 cm³/mol. The van der Waals surface area contributed by atoms with Crippen LogP contribution in [0.15, 0.2) is 0 Å². The number of halogens is 3. The van der Waals surface area contributed by atoms with E-state index in [1.807, 2.05) is 0 Å². The summed E-state index contributed by atoms with van der Waals surface area (Å²) in [5.74, 6) is 0.828. The molecule has 4 N–H and O–H groups in total. The van der Waals surface area contributed by atoms with Gasteiger partial charge in [0.15, 0.2) is 0 Å². The van der Waals surface area contributed by atoms with Crippen LogP contribution in [0, 0.1) is 11.8 Å². The maximum atomic E-state index is 12.5. The minimum Gasteiger partial charge on any atom is -0.330 e. The van der Waals surface area contributed by atoms with E-state index in [1.165, 1.54) is 0 Å². The number of nitrogens with two attached hydrogens (primary N) is 1. The maximum Gasteiger partial charge on any atom is 0.403 e. The molecule has 0 aromatic heterocycles. The summed E-state index contributed by atoms with van der Waals surface area (Å²) in [6, 6.07) is -0.989. The summed E-state index contributed by atoms with van der Waals surface area (Å²) in [6.45, 7) is 2.08. The molecule has 2 aliphatic heterocycles. The Kier molecular flexibility index (Phi) is 4.50. The first kappa shape index (κ1) is 14.1. The molecule has 2 rings (SSSR count). The largest absolute Gasteiger partial charge is 0.403 e. The highest BCUT2D eigenvalue weighted by molar-refractivity contribution is 4.91. The van der Waals surface area contributed by atoms with Gasteiger partial charge in [-0.3, -0.25) is 0 Å². The highest BCUT2D eigenvalue weighted by Crippen LogP contribution is 2.31. The Morgan fingerprint density at radius 3 is 2.44 bits per heavy atom. The molecular weight excluding hydrogens is 243 g/mol. The number of nitrogens with one attached hydrogen (secondary N) is 2. The Morgan fingerprint density at radius 1 is 1.11 bits per heavy atom. The second-order valence-electron chi connectivity index (χ2n) is 5.53. The summed E-state index contributed by atoms with van der Waals surface area (Å²) in [7, 11) is 0. The molecule has 6 heteroatoms. The van der Waals surface area contributed by atoms with Crippen LogP contribution in [-0.4, -0.2) is 37.9 Å². The van der Waals surface area contributed by atoms with Crippen LogP contribution in [0.5, 0.6) is 0 Å². The van der Waals surface area contributed by atoms with Crippen molar-refractivity contribution in [1.82, 2.24) is 10.6 Å². The van der Waals surface area contributed by atoms with E-state index in [2.05, 4.69) is 10.6 Å². The summed E-state index contributed by atoms with van der Waals surface area (Å²) in [4.78, 5) is 0. The number of hydrogen-bond donors (Lipinski definition) is 3. The van der Waals surface area contributed by atoms with Crippen molar-refractivity contribution in [2.75, 3.05) is 19.6 Å². The van der Waals surface area contributed by atoms with Crippen LogP contribution >= 0.6 is 0 Å². The average Bonchev–Trinajstić information content (AvgIpc) is 2.38. The van der Waals surface area contributed by atoms with Crippen molar-refractivity contribution < 1.29 is 13.2 Å². The molecule has 106 valence electrons. The van der Waals surface area contributed by atoms with Gasteiger partial charge in [-0.2, -0.15) is 13.2 Å². The van der Waals surface area contributed by atoms with Crippen LogP contribution in [0.3, 0.4) is 0 Å². The zero-order valence-corrected chi connectivity index (χ0v) is 10.5. The number of rotatable bonds is 2. The molecule has 2 fully saturated rings. The zero-order valence-electron chi connectivity index (χ0n) is 10.5. The third-order valence-electron chi connectivity index (χ3n) is 4.30. The van der Waals surface area contributed by atoms with Crippen LogP contribution in [0.2, 0.25) is 0 Å². The minimum absolute atomic E-state index is 0.194. The Bertz CT molecular complexity index is 262. The van der Waals surface area contributed by atoms with Gasteiger partial charge in [0.25, 0.3) is 0 Å². The first-order valence-corrected chi connectivity index (χ1v) is 6.74. The molecule has 4 unspecified atom stereocenters. The van der Waals surface area contributed by atoms with Crippen LogP contribution in [0.25, 0.3) is 0 Å². The second kappa shape index (κ2) is 5.75. The van der Waals surface area contributed by atoms with E-state index in [0.717, 1.165) is 19.4 Å². The van der Waals surface area contributed by atoms with E-state index in [9.17, 15) is 13.2 Å². The number of piperidine rings is 2. The molecule has 0 aromatic carbocycles. The van der Waals surface area contributed by atoms with Gasteiger partial charge in [-0.05, 0) is 50.6 Å². The van der Waals surface area contributed by atoms with Gasteiger partial charge in [0.05, 0.1) is 0 Å². The van der Waals surface area contributed by atoms with Crippen molar-refractivity contribution in [3.8, 4) is 0 Å². The summed E-state index contributed by atoms with van der Waals surface area (Å²) in [5, 5.41) is 6.07. The molecule has 0 radical (unpaired) electrons. The smallest absolute Gasteiger partial charge is 0.330 e. The molecule has 0 saturated carbocycles. The van der Waals surface area contributed by atoms with Gasteiger partial charge in [0.2, 0.25) is 0 Å². The fourth-order valence-electron chi connectivity index (χ4n) is 3.11. The molecule has 3 nitrogen and oxygen atoms in total. The van der Waals surface area contributed by atoms with Gasteiger partial charge in [0.1, 0.15) is 6.04 Å². The summed E-state index contributed by atoms with van der Waals surface area (Å²) in [6.07, 6.45) is -1.19. The van der Waals surface area contributed by atoms with Gasteiger partial charge in [-0.1, -0.05) is 0 Å². The molecule has 0 aromatic rings. The maximum absolute atomic E-state index is 12.5. The molecule has 2 saturated heterocycles. The van der Waals surface area contributed by atoms with E-state index >= 15 is 0 Å². The first-order valence-electron chi connectivity index (χ1n) is 6.74. The minimum atomic E-state index is -4.11. The average molecular weight is 265 g/mol. The second-order valence-corrected chi connectivity index (χ2v) is 5.53. The van der Waals surface area contributed by atoms with Crippen LogP contribution in [0.4, 0.5) is 13.2 Å². The van der Waals surface area contributed by atoms with Crippen molar-refractivity contribution in [2.45, 2.75) is 43.9 Å². The van der Waals surface area contributed by atoms with Crippen LogP contribution < -0.4 is 16.4 Å². The van der Waals surface area contributed by atoms with Crippen molar-refractivity contribution in [2.24, 2.45) is 17.6 Å². The standard InChI is InChI=1S/C12H22F3N3/c13-12(14,15)11-2-1-9(7-18-11)10-5-8(6-16)3-4-17-10/h8-11,17-18H,1-7,16H2. The van der Waals surface area contributed by atoms with Gasteiger partial charge in [0, 0.05) is 12.6 Å². The van der Waals surface area contributed by atoms with Crippen molar-refractivity contribution >= 4 is 0 Å². The van der Waals surface area contributed by atoms with Gasteiger partial charge < -0.3 is 16.4 Å². The normalized spacial score (nSPS) is 38.7. The SMILES string of the molecule is NCC1CCNC(C2CCC(C(F)(F)F)NC2)C1. The molecule has 18 heavy (non-hydrogen) atoms. The van der Waals surface area contributed by atoms with Crippen molar-refractivity contribution in [1.29, 1.82) is 0 Å². The van der Waals surface area contributed by atoms with Crippen LogP contribution in [-0.2, 0) is 0 Å². The Labute approximate surface area is 106 Å². The van der Waals surface area contributed by atoms with Gasteiger partial charge in [-0.15, -0.1) is 0 Å². The van der Waals surface area contributed by atoms with Gasteiger partial charge >= 0.3 is 6.18 Å². The van der Waals surface area contributed by atoms with E-state index in [-0.39, 0.29) is 6.42 Å². The Hall–Kier alpha value is -0.330. The molecule has 0 spiro atoms. The van der Waals surface area contributed by atoms with E-state index in [1.54, 1.807) is 0 Å². The summed E-state index contributed by atoms with van der Waals surface area (Å²) < 4.78 is 37.6.